The maximum atomic E-state index is 6.62. The van der Waals surface area contributed by atoms with Gasteiger partial charge in [-0.15, -0.1) is 0 Å². The number of anilines is 3. The van der Waals surface area contributed by atoms with Gasteiger partial charge in [0.25, 0.3) is 0 Å². The van der Waals surface area contributed by atoms with Crippen LogP contribution in [0.25, 0.3) is 76.9 Å². The topological polar surface area (TPSA) is 16.4 Å². The van der Waals surface area contributed by atoms with Crippen LogP contribution in [0.2, 0.25) is 13.1 Å². The molecule has 9 aromatic carbocycles. The zero-order chi connectivity index (χ0) is 36.7. The first-order chi connectivity index (χ1) is 27.0. The highest BCUT2D eigenvalue weighted by Crippen LogP contribution is 2.42. The van der Waals surface area contributed by atoms with Gasteiger partial charge in [0, 0.05) is 33.4 Å². The Morgan fingerprint density at radius 1 is 0.400 bits per heavy atom. The molecule has 0 amide bonds. The molecular formula is C52H37NOSi. The van der Waals surface area contributed by atoms with E-state index in [2.05, 4.69) is 206 Å². The number of hydrogen-bond acceptors (Lipinski definition) is 2. The first kappa shape index (κ1) is 31.8. The highest BCUT2D eigenvalue weighted by atomic mass is 28.3. The van der Waals surface area contributed by atoms with Gasteiger partial charge < -0.3 is 9.32 Å². The third kappa shape index (κ3) is 5.01. The first-order valence-electron chi connectivity index (χ1n) is 19.1. The summed E-state index contributed by atoms with van der Waals surface area (Å²) in [5.41, 5.74) is 12.8. The van der Waals surface area contributed by atoms with Crippen molar-refractivity contribution in [2.75, 3.05) is 4.90 Å². The Morgan fingerprint density at radius 2 is 1.04 bits per heavy atom. The fourth-order valence-electron chi connectivity index (χ4n) is 9.01. The normalized spacial score (nSPS) is 13.1. The van der Waals surface area contributed by atoms with Gasteiger partial charge in [0.1, 0.15) is 19.2 Å². The van der Waals surface area contributed by atoms with Crippen molar-refractivity contribution in [3.05, 3.63) is 188 Å². The molecule has 1 aliphatic rings. The summed E-state index contributed by atoms with van der Waals surface area (Å²) in [4.78, 5) is 2.42. The molecule has 0 fully saturated rings. The van der Waals surface area contributed by atoms with Gasteiger partial charge >= 0.3 is 0 Å². The fraction of sp³-hybridized carbons (Fsp3) is 0.0385. The summed E-state index contributed by atoms with van der Waals surface area (Å²) in [7, 11) is -2.07. The molecule has 0 unspecified atom stereocenters. The second-order valence-corrected chi connectivity index (χ2v) is 19.7. The van der Waals surface area contributed by atoms with Gasteiger partial charge in [-0.05, 0) is 108 Å². The van der Waals surface area contributed by atoms with Gasteiger partial charge in [-0.25, -0.2) is 0 Å². The van der Waals surface area contributed by atoms with Crippen molar-refractivity contribution >= 4 is 79.0 Å². The number of fused-ring (bicyclic) bond motifs is 9. The molecule has 2 heterocycles. The van der Waals surface area contributed by atoms with Crippen molar-refractivity contribution in [1.29, 1.82) is 0 Å². The SMILES string of the molecule is C[Si]1(C)c2cc(N(c3ccc(-c4ccc5ccccc5c4)cc3)c3ccc(-c4cccc5ccccc45)cc3)ccc2-c2c1ccc1c2oc2ccccc21. The van der Waals surface area contributed by atoms with Crippen LogP contribution in [-0.4, -0.2) is 8.07 Å². The molecule has 10 aromatic rings. The van der Waals surface area contributed by atoms with Crippen molar-refractivity contribution in [2.24, 2.45) is 0 Å². The Hall–Kier alpha value is -6.68. The van der Waals surface area contributed by atoms with Crippen LogP contribution in [0, 0.1) is 0 Å². The van der Waals surface area contributed by atoms with Crippen molar-refractivity contribution in [1.82, 2.24) is 0 Å². The van der Waals surface area contributed by atoms with E-state index in [9.17, 15) is 0 Å². The molecule has 2 nitrogen and oxygen atoms in total. The molecule has 0 saturated heterocycles. The minimum atomic E-state index is -2.07. The summed E-state index contributed by atoms with van der Waals surface area (Å²) >= 11 is 0. The van der Waals surface area contributed by atoms with Crippen LogP contribution in [0.15, 0.2) is 192 Å². The fourth-order valence-corrected chi connectivity index (χ4v) is 12.1. The van der Waals surface area contributed by atoms with Gasteiger partial charge in [-0.1, -0.05) is 153 Å². The molecule has 0 saturated carbocycles. The second-order valence-electron chi connectivity index (χ2n) is 15.3. The molecule has 0 radical (unpaired) electrons. The summed E-state index contributed by atoms with van der Waals surface area (Å²) in [6, 6.07) is 68.8. The Kier molecular flexibility index (Phi) is 7.04. The van der Waals surface area contributed by atoms with E-state index in [1.54, 1.807) is 0 Å². The van der Waals surface area contributed by atoms with Crippen LogP contribution < -0.4 is 15.3 Å². The van der Waals surface area contributed by atoms with Gasteiger partial charge in [-0.3, -0.25) is 0 Å². The lowest BCUT2D eigenvalue weighted by Crippen LogP contribution is -2.49. The van der Waals surface area contributed by atoms with E-state index in [1.807, 2.05) is 0 Å². The highest BCUT2D eigenvalue weighted by Gasteiger charge is 2.40. The Morgan fingerprint density at radius 3 is 1.84 bits per heavy atom. The lowest BCUT2D eigenvalue weighted by molar-refractivity contribution is 0.670. The predicted molar refractivity (Wildman–Crippen MR) is 236 cm³/mol. The van der Waals surface area contributed by atoms with E-state index in [0.717, 1.165) is 28.2 Å². The summed E-state index contributed by atoms with van der Waals surface area (Å²) in [5, 5.41) is 10.3. The quantitative estimate of drug-likeness (QED) is 0.165. The Balaban J connectivity index is 1.05. The first-order valence-corrected chi connectivity index (χ1v) is 22.1. The van der Waals surface area contributed by atoms with Crippen molar-refractivity contribution in [3.63, 3.8) is 0 Å². The minimum Gasteiger partial charge on any atom is -0.455 e. The van der Waals surface area contributed by atoms with Gasteiger partial charge in [-0.2, -0.15) is 0 Å². The third-order valence-electron chi connectivity index (χ3n) is 11.9. The molecule has 0 atom stereocenters. The lowest BCUT2D eigenvalue weighted by Gasteiger charge is -2.28. The van der Waals surface area contributed by atoms with E-state index in [4.69, 9.17) is 4.42 Å². The second kappa shape index (κ2) is 12.2. The molecule has 1 aromatic heterocycles. The number of benzene rings is 9. The lowest BCUT2D eigenvalue weighted by atomic mass is 9.98. The van der Waals surface area contributed by atoms with Crippen LogP contribution in [0.5, 0.6) is 0 Å². The molecule has 0 spiro atoms. The summed E-state index contributed by atoms with van der Waals surface area (Å²) in [5.74, 6) is 0. The molecule has 1 aliphatic heterocycles. The Labute approximate surface area is 321 Å². The molecule has 3 heteroatoms. The number of para-hydroxylation sites is 1. The zero-order valence-corrected chi connectivity index (χ0v) is 31.8. The Bertz CT molecular complexity index is 3110. The minimum absolute atomic E-state index is 0.945. The van der Waals surface area contributed by atoms with Crippen molar-refractivity contribution < 1.29 is 4.42 Å². The zero-order valence-electron chi connectivity index (χ0n) is 30.8. The van der Waals surface area contributed by atoms with E-state index in [-0.39, 0.29) is 0 Å². The van der Waals surface area contributed by atoms with E-state index in [0.29, 0.717) is 0 Å². The summed E-state index contributed by atoms with van der Waals surface area (Å²) < 4.78 is 6.62. The van der Waals surface area contributed by atoms with Crippen LogP contribution >= 0.6 is 0 Å². The predicted octanol–water partition coefficient (Wildman–Crippen LogP) is 13.5. The van der Waals surface area contributed by atoms with Gasteiger partial charge in [0.05, 0.1) is 0 Å². The van der Waals surface area contributed by atoms with E-state index >= 15 is 0 Å². The maximum absolute atomic E-state index is 6.62. The molecule has 0 bridgehead atoms. The third-order valence-corrected chi connectivity index (χ3v) is 15.4. The van der Waals surface area contributed by atoms with Crippen LogP contribution in [-0.2, 0) is 0 Å². The van der Waals surface area contributed by atoms with Crippen molar-refractivity contribution in [2.45, 2.75) is 13.1 Å². The summed E-state index contributed by atoms with van der Waals surface area (Å²) in [6.07, 6.45) is 0. The smallest absolute Gasteiger partial charge is 0.143 e. The van der Waals surface area contributed by atoms with E-state index in [1.165, 1.54) is 76.1 Å². The molecule has 11 rings (SSSR count). The van der Waals surface area contributed by atoms with Crippen LogP contribution in [0.1, 0.15) is 0 Å². The maximum Gasteiger partial charge on any atom is 0.143 e. The van der Waals surface area contributed by atoms with E-state index < -0.39 is 8.07 Å². The van der Waals surface area contributed by atoms with Crippen LogP contribution in [0.4, 0.5) is 17.1 Å². The summed E-state index contributed by atoms with van der Waals surface area (Å²) in [6.45, 7) is 4.97. The molecule has 0 N–H and O–H groups in total. The van der Waals surface area contributed by atoms with Crippen LogP contribution in [0.3, 0.4) is 0 Å². The average molecular weight is 720 g/mol. The van der Waals surface area contributed by atoms with Gasteiger partial charge in [0.15, 0.2) is 0 Å². The molecule has 0 aliphatic carbocycles. The monoisotopic (exact) mass is 719 g/mol. The standard InChI is InChI=1S/C52H37NOSi/c1-55(2)49-31-30-46-45-15-7-8-17-48(45)54-52(46)51(49)47-29-28-42(33-50(47)55)53(40-24-20-35(21-25-40)39-19-18-34-10-3-4-12-38(34)32-39)41-26-22-37(23-27-41)44-16-9-13-36-11-5-6-14-43(36)44/h3-33H,1-2H3. The number of rotatable bonds is 5. The molecule has 55 heavy (non-hydrogen) atoms. The number of furan rings is 1. The average Bonchev–Trinajstić information content (AvgIpc) is 3.73. The van der Waals surface area contributed by atoms with Gasteiger partial charge in [0.2, 0.25) is 0 Å². The largest absolute Gasteiger partial charge is 0.455 e. The number of nitrogens with zero attached hydrogens (tertiary/aromatic N) is 1. The number of hydrogen-bond donors (Lipinski definition) is 0. The molecule has 260 valence electrons. The van der Waals surface area contributed by atoms with Crippen molar-refractivity contribution in [3.8, 4) is 33.4 Å². The highest BCUT2D eigenvalue weighted by molar-refractivity contribution is 7.04. The molecular weight excluding hydrogens is 683 g/mol.